The van der Waals surface area contributed by atoms with E-state index in [1.807, 2.05) is 0 Å². The first-order valence-corrected chi connectivity index (χ1v) is 8.11. The number of carboxylic acids is 1. The van der Waals surface area contributed by atoms with Crippen LogP contribution in [0.25, 0.3) is 0 Å². The molecule has 1 aliphatic carbocycles. The first-order valence-electron chi connectivity index (χ1n) is 8.11. The molecular weight excluding hydrogens is 286 g/mol. The van der Waals surface area contributed by atoms with Crippen LogP contribution in [0.2, 0.25) is 0 Å². The lowest BCUT2D eigenvalue weighted by Crippen LogP contribution is -2.42. The van der Waals surface area contributed by atoms with Crippen molar-refractivity contribution in [1.82, 2.24) is 15.5 Å². The molecule has 1 unspecified atom stereocenters. The number of carbonyl (C=O) groups excluding carboxylic acids is 2. The average Bonchev–Trinajstić information content (AvgIpc) is 2.98. The molecule has 0 aromatic heterocycles. The summed E-state index contributed by atoms with van der Waals surface area (Å²) < 4.78 is 0. The zero-order valence-corrected chi connectivity index (χ0v) is 12.8. The van der Waals surface area contributed by atoms with Crippen molar-refractivity contribution >= 4 is 17.9 Å². The number of rotatable bonds is 5. The minimum absolute atomic E-state index is 0.0305. The quantitative estimate of drug-likeness (QED) is 0.703. The Kier molecular flexibility index (Phi) is 6.03. The highest BCUT2D eigenvalue weighted by molar-refractivity contribution is 5.79. The van der Waals surface area contributed by atoms with Gasteiger partial charge in [-0.05, 0) is 19.3 Å². The van der Waals surface area contributed by atoms with Crippen molar-refractivity contribution in [3.63, 3.8) is 0 Å². The number of carboxylic acid groups (broad SMARTS) is 1. The first kappa shape index (κ1) is 16.6. The number of hydrogen-bond donors (Lipinski definition) is 3. The van der Waals surface area contributed by atoms with E-state index in [1.165, 1.54) is 24.2 Å². The molecule has 0 aromatic rings. The normalized spacial score (nSPS) is 22.4. The number of urea groups is 1. The van der Waals surface area contributed by atoms with Crippen molar-refractivity contribution in [2.24, 2.45) is 5.92 Å². The molecule has 2 aliphatic rings. The highest BCUT2D eigenvalue weighted by Gasteiger charge is 2.30. The Morgan fingerprint density at radius 1 is 1.09 bits per heavy atom. The molecule has 0 radical (unpaired) electrons. The summed E-state index contributed by atoms with van der Waals surface area (Å²) in [4.78, 5) is 36.0. The Hall–Kier alpha value is -1.79. The fourth-order valence-corrected chi connectivity index (χ4v) is 3.09. The van der Waals surface area contributed by atoms with Gasteiger partial charge in [-0.2, -0.15) is 0 Å². The molecule has 1 aliphatic heterocycles. The summed E-state index contributed by atoms with van der Waals surface area (Å²) in [7, 11) is 0. The van der Waals surface area contributed by atoms with E-state index in [4.69, 9.17) is 5.11 Å². The molecule has 3 amide bonds. The third-order valence-electron chi connectivity index (χ3n) is 4.42. The Morgan fingerprint density at radius 2 is 1.82 bits per heavy atom. The molecule has 2 rings (SSSR count). The number of carbonyl (C=O) groups is 3. The van der Waals surface area contributed by atoms with Crippen LogP contribution in [0.5, 0.6) is 0 Å². The fourth-order valence-electron chi connectivity index (χ4n) is 3.09. The average molecular weight is 311 g/mol. The van der Waals surface area contributed by atoms with Gasteiger partial charge in [-0.1, -0.05) is 19.3 Å². The Morgan fingerprint density at radius 3 is 2.45 bits per heavy atom. The van der Waals surface area contributed by atoms with Gasteiger partial charge < -0.3 is 20.6 Å². The standard InChI is InChI=1S/C15H25N3O4/c19-13(17-12-4-2-1-3-5-12)6-8-16-15(22)18-9-7-11(10-18)14(20)21/h11-12H,1-10H2,(H,16,22)(H,17,19)(H,20,21). The third-order valence-corrected chi connectivity index (χ3v) is 4.42. The predicted octanol–water partition coefficient (Wildman–Crippen LogP) is 0.941. The highest BCUT2D eigenvalue weighted by Crippen LogP contribution is 2.17. The second kappa shape index (κ2) is 8.00. The van der Waals surface area contributed by atoms with E-state index < -0.39 is 11.9 Å². The van der Waals surface area contributed by atoms with Crippen LogP contribution in [0.4, 0.5) is 4.79 Å². The zero-order valence-electron chi connectivity index (χ0n) is 12.8. The van der Waals surface area contributed by atoms with Crippen molar-refractivity contribution in [1.29, 1.82) is 0 Å². The number of nitrogens with zero attached hydrogens (tertiary/aromatic N) is 1. The van der Waals surface area contributed by atoms with Gasteiger partial charge in [-0.25, -0.2) is 4.79 Å². The SMILES string of the molecule is O=C(CCNC(=O)N1CCC(C(=O)O)C1)NC1CCCCC1. The monoisotopic (exact) mass is 311 g/mol. The second-order valence-electron chi connectivity index (χ2n) is 6.15. The highest BCUT2D eigenvalue weighted by atomic mass is 16.4. The molecule has 1 saturated carbocycles. The van der Waals surface area contributed by atoms with Gasteiger partial charge in [0.25, 0.3) is 0 Å². The number of amides is 3. The third kappa shape index (κ3) is 4.89. The van der Waals surface area contributed by atoms with E-state index in [2.05, 4.69) is 10.6 Å². The first-order chi connectivity index (χ1) is 10.6. The van der Waals surface area contributed by atoms with Crippen molar-refractivity contribution in [3.8, 4) is 0 Å². The molecule has 1 atom stereocenters. The Bertz CT molecular complexity index is 421. The smallest absolute Gasteiger partial charge is 0.317 e. The lowest BCUT2D eigenvalue weighted by molar-refractivity contribution is -0.141. The van der Waals surface area contributed by atoms with E-state index in [-0.39, 0.29) is 37.5 Å². The Balaban J connectivity index is 1.60. The van der Waals surface area contributed by atoms with Crippen LogP contribution in [-0.2, 0) is 9.59 Å². The molecule has 2 fully saturated rings. The summed E-state index contributed by atoms with van der Waals surface area (Å²) in [5.74, 6) is -1.36. The maximum atomic E-state index is 11.9. The number of nitrogens with one attached hydrogen (secondary N) is 2. The van der Waals surface area contributed by atoms with Gasteiger partial charge in [0.15, 0.2) is 0 Å². The molecule has 0 spiro atoms. The van der Waals surface area contributed by atoms with Gasteiger partial charge in [-0.3, -0.25) is 9.59 Å². The van der Waals surface area contributed by atoms with Gasteiger partial charge in [0.2, 0.25) is 5.91 Å². The van der Waals surface area contributed by atoms with Crippen LogP contribution in [0, 0.1) is 5.92 Å². The van der Waals surface area contributed by atoms with Crippen molar-refractivity contribution < 1.29 is 19.5 Å². The van der Waals surface area contributed by atoms with Crippen LogP contribution in [0.15, 0.2) is 0 Å². The van der Waals surface area contributed by atoms with Gasteiger partial charge in [0.1, 0.15) is 0 Å². The van der Waals surface area contributed by atoms with E-state index in [9.17, 15) is 14.4 Å². The summed E-state index contributed by atoms with van der Waals surface area (Å²) in [6, 6.07) is 0.000995. The van der Waals surface area contributed by atoms with Crippen LogP contribution in [0.1, 0.15) is 44.9 Å². The second-order valence-corrected chi connectivity index (χ2v) is 6.15. The number of likely N-dealkylation sites (tertiary alicyclic amines) is 1. The van der Waals surface area contributed by atoms with Crippen molar-refractivity contribution in [2.45, 2.75) is 51.0 Å². The predicted molar refractivity (Wildman–Crippen MR) is 80.3 cm³/mol. The minimum Gasteiger partial charge on any atom is -0.481 e. The summed E-state index contributed by atoms with van der Waals surface area (Å²) in [6.45, 7) is 0.984. The van der Waals surface area contributed by atoms with Gasteiger partial charge >= 0.3 is 12.0 Å². The van der Waals surface area contributed by atoms with Crippen molar-refractivity contribution in [3.05, 3.63) is 0 Å². The molecular formula is C15H25N3O4. The number of aliphatic carboxylic acids is 1. The summed E-state index contributed by atoms with van der Waals surface area (Å²) in [6.07, 6.45) is 6.42. The molecule has 7 heteroatoms. The molecule has 7 nitrogen and oxygen atoms in total. The molecule has 1 heterocycles. The summed E-state index contributed by atoms with van der Waals surface area (Å²) in [5, 5.41) is 14.6. The Labute approximate surface area is 130 Å². The maximum Gasteiger partial charge on any atom is 0.317 e. The topological polar surface area (TPSA) is 98.7 Å². The molecule has 3 N–H and O–H groups in total. The lowest BCUT2D eigenvalue weighted by Gasteiger charge is -2.23. The minimum atomic E-state index is -0.859. The largest absolute Gasteiger partial charge is 0.481 e. The molecule has 124 valence electrons. The van der Waals surface area contributed by atoms with E-state index >= 15 is 0 Å². The van der Waals surface area contributed by atoms with E-state index in [1.54, 1.807) is 0 Å². The molecule has 0 bridgehead atoms. The fraction of sp³-hybridized carbons (Fsp3) is 0.800. The lowest BCUT2D eigenvalue weighted by atomic mass is 9.95. The van der Waals surface area contributed by atoms with E-state index in [0.29, 0.717) is 13.0 Å². The van der Waals surface area contributed by atoms with Crippen molar-refractivity contribution in [2.75, 3.05) is 19.6 Å². The van der Waals surface area contributed by atoms with Crippen LogP contribution in [-0.4, -0.2) is 53.6 Å². The zero-order chi connectivity index (χ0) is 15.9. The van der Waals surface area contributed by atoms with E-state index in [0.717, 1.165) is 12.8 Å². The van der Waals surface area contributed by atoms with Crippen LogP contribution in [0.3, 0.4) is 0 Å². The molecule has 22 heavy (non-hydrogen) atoms. The molecule has 1 saturated heterocycles. The molecule has 0 aromatic carbocycles. The van der Waals surface area contributed by atoms with Gasteiger partial charge in [0.05, 0.1) is 5.92 Å². The maximum absolute atomic E-state index is 11.9. The summed E-state index contributed by atoms with van der Waals surface area (Å²) in [5.41, 5.74) is 0. The van der Waals surface area contributed by atoms with Crippen LogP contribution >= 0.6 is 0 Å². The van der Waals surface area contributed by atoms with Crippen LogP contribution < -0.4 is 10.6 Å². The summed E-state index contributed by atoms with van der Waals surface area (Å²) >= 11 is 0. The number of hydrogen-bond acceptors (Lipinski definition) is 3. The van der Waals surface area contributed by atoms with Gasteiger partial charge in [0, 0.05) is 32.1 Å². The van der Waals surface area contributed by atoms with Gasteiger partial charge in [-0.15, -0.1) is 0 Å².